The molecule has 0 radical (unpaired) electrons. The van der Waals surface area contributed by atoms with E-state index in [2.05, 4.69) is 4.98 Å². The number of nitrogens with zero attached hydrogens (tertiary/aromatic N) is 2. The molecule has 0 spiro atoms. The van der Waals surface area contributed by atoms with Crippen LogP contribution < -0.4 is 0 Å². The number of carbonyl (C=O) groups is 1. The van der Waals surface area contributed by atoms with Gasteiger partial charge < -0.3 is 4.74 Å². The van der Waals surface area contributed by atoms with Gasteiger partial charge in [0.25, 0.3) is 0 Å². The fraction of sp³-hybridized carbons (Fsp3) is 0.250. The molecule has 0 aliphatic heterocycles. The minimum absolute atomic E-state index is 0.127. The molecule has 1 aromatic carbocycles. The highest BCUT2D eigenvalue weighted by atomic mass is 32.2. The van der Waals surface area contributed by atoms with Crippen LogP contribution in [0.5, 0.6) is 0 Å². The summed E-state index contributed by atoms with van der Waals surface area (Å²) in [5.41, 5.74) is 1.16. The minimum atomic E-state index is -3.63. The van der Waals surface area contributed by atoms with Gasteiger partial charge in [0.05, 0.1) is 17.1 Å². The van der Waals surface area contributed by atoms with Gasteiger partial charge >= 0.3 is 5.97 Å². The number of rotatable bonds is 6. The Balaban J connectivity index is 2.17. The fourth-order valence-electron chi connectivity index (χ4n) is 1.99. The molecule has 0 atom stereocenters. The first-order chi connectivity index (χ1) is 10.9. The molecule has 2 aromatic rings. The largest absolute Gasteiger partial charge is 0.462 e. The summed E-state index contributed by atoms with van der Waals surface area (Å²) < 4.78 is 31.2. The van der Waals surface area contributed by atoms with Gasteiger partial charge in [-0.2, -0.15) is 4.31 Å². The molecule has 1 aromatic heterocycles. The van der Waals surface area contributed by atoms with Crippen molar-refractivity contribution in [3.05, 3.63) is 59.9 Å². The lowest BCUT2D eigenvalue weighted by atomic mass is 10.2. The maximum absolute atomic E-state index is 12.5. The van der Waals surface area contributed by atoms with Crippen LogP contribution in [0.15, 0.2) is 53.7 Å². The Morgan fingerprint density at radius 1 is 1.13 bits per heavy atom. The van der Waals surface area contributed by atoms with Crippen molar-refractivity contribution in [1.82, 2.24) is 9.29 Å². The van der Waals surface area contributed by atoms with Gasteiger partial charge in [-0.15, -0.1) is 0 Å². The second-order valence-electron chi connectivity index (χ2n) is 4.86. The summed E-state index contributed by atoms with van der Waals surface area (Å²) in [5, 5.41) is 0. The number of ether oxygens (including phenoxy) is 1. The summed E-state index contributed by atoms with van der Waals surface area (Å²) in [6.07, 6.45) is 3.23. The highest BCUT2D eigenvalue weighted by molar-refractivity contribution is 7.89. The molecule has 0 fully saturated rings. The van der Waals surface area contributed by atoms with E-state index in [4.69, 9.17) is 4.74 Å². The summed E-state index contributed by atoms with van der Waals surface area (Å²) in [6.45, 7) is 2.23. The summed E-state index contributed by atoms with van der Waals surface area (Å²) in [7, 11) is -2.12. The minimum Gasteiger partial charge on any atom is -0.462 e. The van der Waals surface area contributed by atoms with Crippen LogP contribution in [0.25, 0.3) is 0 Å². The van der Waals surface area contributed by atoms with Gasteiger partial charge in [-0.3, -0.25) is 4.98 Å². The van der Waals surface area contributed by atoms with Crippen molar-refractivity contribution in [3.63, 3.8) is 0 Å². The van der Waals surface area contributed by atoms with Crippen LogP contribution in [0.2, 0.25) is 0 Å². The molecular weight excluding hydrogens is 316 g/mol. The molecule has 122 valence electrons. The van der Waals surface area contributed by atoms with E-state index in [0.717, 1.165) is 5.56 Å². The van der Waals surface area contributed by atoms with Crippen LogP contribution in [0, 0.1) is 0 Å². The Morgan fingerprint density at radius 2 is 1.74 bits per heavy atom. The highest BCUT2D eigenvalue weighted by Crippen LogP contribution is 2.17. The summed E-state index contributed by atoms with van der Waals surface area (Å²) >= 11 is 0. The first kappa shape index (κ1) is 17.1. The molecule has 0 aliphatic carbocycles. The second kappa shape index (κ2) is 7.34. The van der Waals surface area contributed by atoms with Gasteiger partial charge in [0.15, 0.2) is 0 Å². The van der Waals surface area contributed by atoms with E-state index in [1.54, 1.807) is 31.5 Å². The third kappa shape index (κ3) is 4.14. The topological polar surface area (TPSA) is 76.6 Å². The third-order valence-corrected chi connectivity index (χ3v) is 5.05. The number of aromatic nitrogens is 1. The number of esters is 1. The molecule has 7 heteroatoms. The number of hydrogen-bond donors (Lipinski definition) is 0. The summed E-state index contributed by atoms with van der Waals surface area (Å²) in [6, 6.07) is 9.23. The number of carbonyl (C=O) groups excluding carboxylic acids is 1. The van der Waals surface area contributed by atoms with E-state index < -0.39 is 16.0 Å². The number of sulfonamides is 1. The van der Waals surface area contributed by atoms with Crippen molar-refractivity contribution in [1.29, 1.82) is 0 Å². The maximum atomic E-state index is 12.5. The molecule has 0 saturated carbocycles. The van der Waals surface area contributed by atoms with Crippen LogP contribution in [-0.2, 0) is 21.3 Å². The third-order valence-electron chi connectivity index (χ3n) is 3.23. The van der Waals surface area contributed by atoms with Crippen molar-refractivity contribution in [2.24, 2.45) is 0 Å². The van der Waals surface area contributed by atoms with Gasteiger partial charge in [-0.25, -0.2) is 13.2 Å². The molecule has 0 unspecified atom stereocenters. The second-order valence-corrected chi connectivity index (χ2v) is 6.91. The SMILES string of the molecule is CCOC(=O)c1ccc(S(=O)(=O)N(C)Cc2ccncc2)cc1. The van der Waals surface area contributed by atoms with Crippen molar-refractivity contribution < 1.29 is 17.9 Å². The van der Waals surface area contributed by atoms with Gasteiger partial charge in [0, 0.05) is 26.0 Å². The van der Waals surface area contributed by atoms with E-state index in [1.807, 2.05) is 0 Å². The van der Waals surface area contributed by atoms with Gasteiger partial charge in [0.2, 0.25) is 10.0 Å². The van der Waals surface area contributed by atoms with Crippen molar-refractivity contribution in [3.8, 4) is 0 Å². The number of pyridine rings is 1. The van der Waals surface area contributed by atoms with Crippen molar-refractivity contribution >= 4 is 16.0 Å². The molecule has 1 heterocycles. The Labute approximate surface area is 135 Å². The van der Waals surface area contributed by atoms with Crippen LogP contribution in [0.3, 0.4) is 0 Å². The fourth-order valence-corrected chi connectivity index (χ4v) is 3.15. The maximum Gasteiger partial charge on any atom is 0.338 e. The van der Waals surface area contributed by atoms with E-state index >= 15 is 0 Å². The zero-order valence-electron chi connectivity index (χ0n) is 13.0. The van der Waals surface area contributed by atoms with Crippen molar-refractivity contribution in [2.75, 3.05) is 13.7 Å². The zero-order chi connectivity index (χ0) is 16.9. The Kier molecular flexibility index (Phi) is 5.46. The molecule has 0 bridgehead atoms. The Hall–Kier alpha value is -2.25. The number of benzene rings is 1. The molecule has 2 rings (SSSR count). The molecule has 23 heavy (non-hydrogen) atoms. The first-order valence-electron chi connectivity index (χ1n) is 7.07. The quantitative estimate of drug-likeness (QED) is 0.756. The summed E-state index contributed by atoms with van der Waals surface area (Å²) in [4.78, 5) is 15.6. The monoisotopic (exact) mass is 334 g/mol. The average molecular weight is 334 g/mol. The lowest BCUT2D eigenvalue weighted by molar-refractivity contribution is 0.0526. The van der Waals surface area contributed by atoms with Crippen LogP contribution in [0.4, 0.5) is 0 Å². The molecule has 0 saturated heterocycles. The van der Waals surface area contributed by atoms with Crippen LogP contribution >= 0.6 is 0 Å². The summed E-state index contributed by atoms with van der Waals surface area (Å²) in [5.74, 6) is -0.471. The highest BCUT2D eigenvalue weighted by Gasteiger charge is 2.21. The zero-order valence-corrected chi connectivity index (χ0v) is 13.8. The molecular formula is C16H18N2O4S. The standard InChI is InChI=1S/C16H18N2O4S/c1-3-22-16(19)14-4-6-15(7-5-14)23(20,21)18(2)12-13-8-10-17-11-9-13/h4-11H,3,12H2,1-2H3. The molecule has 6 nitrogen and oxygen atoms in total. The molecule has 0 N–H and O–H groups in total. The lowest BCUT2D eigenvalue weighted by Crippen LogP contribution is -2.26. The van der Waals surface area contributed by atoms with Gasteiger partial charge in [-0.1, -0.05) is 0 Å². The van der Waals surface area contributed by atoms with E-state index in [0.29, 0.717) is 5.56 Å². The Morgan fingerprint density at radius 3 is 2.30 bits per heavy atom. The lowest BCUT2D eigenvalue weighted by Gasteiger charge is -2.17. The Bertz CT molecular complexity index is 758. The van der Waals surface area contributed by atoms with E-state index in [-0.39, 0.29) is 18.0 Å². The van der Waals surface area contributed by atoms with Crippen molar-refractivity contribution in [2.45, 2.75) is 18.4 Å². The van der Waals surface area contributed by atoms with Gasteiger partial charge in [-0.05, 0) is 48.9 Å². The van der Waals surface area contributed by atoms with E-state index in [9.17, 15) is 13.2 Å². The van der Waals surface area contributed by atoms with Crippen LogP contribution in [-0.4, -0.2) is 37.3 Å². The van der Waals surface area contributed by atoms with Crippen LogP contribution in [0.1, 0.15) is 22.8 Å². The predicted octanol–water partition coefficient (Wildman–Crippen LogP) is 2.08. The molecule has 0 aliphatic rings. The average Bonchev–Trinajstić information content (AvgIpc) is 2.56. The predicted molar refractivity (Wildman–Crippen MR) is 85.3 cm³/mol. The smallest absolute Gasteiger partial charge is 0.338 e. The first-order valence-corrected chi connectivity index (χ1v) is 8.51. The number of hydrogen-bond acceptors (Lipinski definition) is 5. The normalized spacial score (nSPS) is 11.4. The van der Waals surface area contributed by atoms with Gasteiger partial charge in [0.1, 0.15) is 0 Å². The van der Waals surface area contributed by atoms with E-state index in [1.165, 1.54) is 35.6 Å². The molecule has 0 amide bonds.